The van der Waals surface area contributed by atoms with Crippen LogP contribution in [0.3, 0.4) is 0 Å². The molecule has 1 atom stereocenters. The predicted octanol–water partition coefficient (Wildman–Crippen LogP) is -0.0475. The third-order valence-electron chi connectivity index (χ3n) is 4.00. The van der Waals surface area contributed by atoms with E-state index in [4.69, 9.17) is 4.74 Å². The summed E-state index contributed by atoms with van der Waals surface area (Å²) in [7, 11) is 0. The Morgan fingerprint density at radius 3 is 2.87 bits per heavy atom. The Morgan fingerprint density at radius 1 is 1.43 bits per heavy atom. The summed E-state index contributed by atoms with van der Waals surface area (Å²) in [5.41, 5.74) is 0.682. The van der Waals surface area contributed by atoms with Crippen LogP contribution < -0.4 is 20.4 Å². The second-order valence-electron chi connectivity index (χ2n) is 5.65. The molecule has 0 aliphatic carbocycles. The van der Waals surface area contributed by atoms with Crippen LogP contribution >= 0.6 is 0 Å². The van der Waals surface area contributed by atoms with Gasteiger partial charge in [-0.1, -0.05) is 0 Å². The standard InChI is InChI=1S/C15H21N5O3/c1-11(21)17-9-13-10-23-15(22)20(13)12-2-3-14(18-8-12)19-6-4-16-5-7-19/h2-3,8,13,16H,4-7,9-10H2,1H3,(H,17,21). The smallest absolute Gasteiger partial charge is 0.414 e. The summed E-state index contributed by atoms with van der Waals surface area (Å²) in [4.78, 5) is 31.3. The highest BCUT2D eigenvalue weighted by atomic mass is 16.6. The van der Waals surface area contributed by atoms with Gasteiger partial charge in [0.25, 0.3) is 0 Å². The van der Waals surface area contributed by atoms with Gasteiger partial charge in [-0.15, -0.1) is 0 Å². The lowest BCUT2D eigenvalue weighted by atomic mass is 10.2. The van der Waals surface area contributed by atoms with Gasteiger partial charge in [0, 0.05) is 39.6 Å². The van der Waals surface area contributed by atoms with Crippen molar-refractivity contribution in [2.75, 3.05) is 49.1 Å². The normalized spacial score (nSPS) is 21.3. The third kappa shape index (κ3) is 3.53. The fourth-order valence-corrected chi connectivity index (χ4v) is 2.79. The van der Waals surface area contributed by atoms with Gasteiger partial charge in [0.1, 0.15) is 12.4 Å². The molecule has 0 spiro atoms. The number of piperazine rings is 1. The largest absolute Gasteiger partial charge is 0.447 e. The monoisotopic (exact) mass is 319 g/mol. The molecular weight excluding hydrogens is 298 g/mol. The molecule has 2 aliphatic heterocycles. The van der Waals surface area contributed by atoms with Gasteiger partial charge >= 0.3 is 6.09 Å². The average molecular weight is 319 g/mol. The van der Waals surface area contributed by atoms with Gasteiger partial charge in [0.15, 0.2) is 0 Å². The molecule has 0 bridgehead atoms. The van der Waals surface area contributed by atoms with Crippen LogP contribution in [0, 0.1) is 0 Å². The van der Waals surface area contributed by atoms with E-state index >= 15 is 0 Å². The van der Waals surface area contributed by atoms with Crippen molar-refractivity contribution in [3.05, 3.63) is 18.3 Å². The van der Waals surface area contributed by atoms with E-state index in [2.05, 4.69) is 20.5 Å². The van der Waals surface area contributed by atoms with Crippen molar-refractivity contribution >= 4 is 23.5 Å². The number of aromatic nitrogens is 1. The molecule has 3 heterocycles. The number of carbonyl (C=O) groups is 2. The summed E-state index contributed by atoms with van der Waals surface area (Å²) in [5.74, 6) is 0.776. The highest BCUT2D eigenvalue weighted by Crippen LogP contribution is 2.24. The summed E-state index contributed by atoms with van der Waals surface area (Å²) >= 11 is 0. The average Bonchev–Trinajstić information content (AvgIpc) is 2.95. The van der Waals surface area contributed by atoms with Crippen molar-refractivity contribution in [2.45, 2.75) is 13.0 Å². The van der Waals surface area contributed by atoms with Crippen LogP contribution in [0.1, 0.15) is 6.92 Å². The van der Waals surface area contributed by atoms with Crippen molar-refractivity contribution in [1.82, 2.24) is 15.6 Å². The first-order valence-electron chi connectivity index (χ1n) is 7.77. The number of pyridine rings is 1. The lowest BCUT2D eigenvalue weighted by Gasteiger charge is -2.29. The number of amides is 2. The fraction of sp³-hybridized carbons (Fsp3) is 0.533. The molecule has 0 radical (unpaired) electrons. The summed E-state index contributed by atoms with van der Waals surface area (Å²) in [6, 6.07) is 3.58. The second kappa shape index (κ2) is 6.82. The molecule has 2 amide bonds. The molecule has 23 heavy (non-hydrogen) atoms. The molecule has 2 N–H and O–H groups in total. The van der Waals surface area contributed by atoms with Gasteiger partial charge in [-0.2, -0.15) is 0 Å². The van der Waals surface area contributed by atoms with E-state index in [-0.39, 0.29) is 18.6 Å². The minimum absolute atomic E-state index is 0.128. The second-order valence-corrected chi connectivity index (χ2v) is 5.65. The zero-order chi connectivity index (χ0) is 16.2. The molecule has 0 saturated carbocycles. The lowest BCUT2D eigenvalue weighted by molar-refractivity contribution is -0.119. The van der Waals surface area contributed by atoms with E-state index in [1.807, 2.05) is 12.1 Å². The minimum Gasteiger partial charge on any atom is -0.447 e. The SMILES string of the molecule is CC(=O)NCC1COC(=O)N1c1ccc(N2CCNCC2)nc1. The van der Waals surface area contributed by atoms with E-state index < -0.39 is 6.09 Å². The fourth-order valence-electron chi connectivity index (χ4n) is 2.79. The summed E-state index contributed by atoms with van der Waals surface area (Å²) in [5, 5.41) is 6.02. The molecule has 2 saturated heterocycles. The van der Waals surface area contributed by atoms with Gasteiger partial charge in [-0.05, 0) is 12.1 Å². The Hall–Kier alpha value is -2.35. The molecule has 0 aromatic carbocycles. The van der Waals surface area contributed by atoms with Crippen LogP contribution in [0.4, 0.5) is 16.3 Å². The van der Waals surface area contributed by atoms with Gasteiger partial charge < -0.3 is 20.3 Å². The Balaban J connectivity index is 1.71. The van der Waals surface area contributed by atoms with Crippen LogP contribution in [-0.2, 0) is 9.53 Å². The predicted molar refractivity (Wildman–Crippen MR) is 85.6 cm³/mol. The van der Waals surface area contributed by atoms with Crippen molar-refractivity contribution in [1.29, 1.82) is 0 Å². The molecule has 8 heteroatoms. The highest BCUT2D eigenvalue weighted by Gasteiger charge is 2.34. The molecule has 1 unspecified atom stereocenters. The van der Waals surface area contributed by atoms with Crippen LogP contribution in [0.5, 0.6) is 0 Å². The van der Waals surface area contributed by atoms with Gasteiger partial charge in [0.2, 0.25) is 5.91 Å². The zero-order valence-electron chi connectivity index (χ0n) is 13.1. The maximum absolute atomic E-state index is 12.0. The Kier molecular flexibility index (Phi) is 4.61. The topological polar surface area (TPSA) is 86.8 Å². The van der Waals surface area contributed by atoms with Crippen molar-refractivity contribution in [2.24, 2.45) is 0 Å². The third-order valence-corrected chi connectivity index (χ3v) is 4.00. The number of hydrogen-bond donors (Lipinski definition) is 2. The summed E-state index contributed by atoms with van der Waals surface area (Å²) in [6.07, 6.45) is 1.28. The molecule has 2 aliphatic rings. The van der Waals surface area contributed by atoms with Gasteiger partial charge in [0.05, 0.1) is 17.9 Å². The molecule has 1 aromatic rings. The van der Waals surface area contributed by atoms with Crippen LogP contribution in [0.2, 0.25) is 0 Å². The summed E-state index contributed by atoms with van der Waals surface area (Å²) in [6.45, 7) is 5.80. The quantitative estimate of drug-likeness (QED) is 0.809. The molecule has 8 nitrogen and oxygen atoms in total. The van der Waals surface area contributed by atoms with Crippen molar-refractivity contribution in [3.63, 3.8) is 0 Å². The molecule has 124 valence electrons. The number of anilines is 2. The molecule has 2 fully saturated rings. The van der Waals surface area contributed by atoms with Crippen molar-refractivity contribution in [3.8, 4) is 0 Å². The van der Waals surface area contributed by atoms with Gasteiger partial charge in [-0.3, -0.25) is 9.69 Å². The number of rotatable bonds is 4. The highest BCUT2D eigenvalue weighted by molar-refractivity contribution is 5.90. The number of nitrogens with zero attached hydrogens (tertiary/aromatic N) is 3. The molecule has 3 rings (SSSR count). The summed E-state index contributed by atoms with van der Waals surface area (Å²) < 4.78 is 5.10. The number of nitrogens with one attached hydrogen (secondary N) is 2. The number of carbonyl (C=O) groups excluding carboxylic acids is 2. The Labute approximate surface area is 134 Å². The lowest BCUT2D eigenvalue weighted by Crippen LogP contribution is -2.44. The van der Waals surface area contributed by atoms with E-state index in [1.54, 1.807) is 11.1 Å². The maximum atomic E-state index is 12.0. The zero-order valence-corrected chi connectivity index (χ0v) is 13.1. The van der Waals surface area contributed by atoms with Gasteiger partial charge in [-0.25, -0.2) is 9.78 Å². The minimum atomic E-state index is -0.405. The first-order valence-corrected chi connectivity index (χ1v) is 7.77. The maximum Gasteiger partial charge on any atom is 0.414 e. The van der Waals surface area contributed by atoms with Crippen LogP contribution in [0.25, 0.3) is 0 Å². The number of hydrogen-bond acceptors (Lipinski definition) is 6. The van der Waals surface area contributed by atoms with Crippen LogP contribution in [0.15, 0.2) is 18.3 Å². The number of cyclic esters (lactones) is 1. The molecular formula is C15H21N5O3. The van der Waals surface area contributed by atoms with E-state index in [1.165, 1.54) is 6.92 Å². The van der Waals surface area contributed by atoms with E-state index in [9.17, 15) is 9.59 Å². The first kappa shape index (κ1) is 15.5. The number of ether oxygens (including phenoxy) is 1. The van der Waals surface area contributed by atoms with Crippen molar-refractivity contribution < 1.29 is 14.3 Å². The Bertz CT molecular complexity index is 571. The Morgan fingerprint density at radius 2 is 2.22 bits per heavy atom. The van der Waals surface area contributed by atoms with Crippen LogP contribution in [-0.4, -0.2) is 62.4 Å². The van der Waals surface area contributed by atoms with E-state index in [0.29, 0.717) is 12.2 Å². The first-order chi connectivity index (χ1) is 11.1. The molecule has 1 aromatic heterocycles. The van der Waals surface area contributed by atoms with E-state index in [0.717, 1.165) is 32.0 Å².